The van der Waals surface area contributed by atoms with E-state index >= 15 is 0 Å². The lowest BCUT2D eigenvalue weighted by atomic mass is 10.6. The van der Waals surface area contributed by atoms with E-state index in [1.165, 1.54) is 11.9 Å². The minimum atomic E-state index is -0.525. The molecule has 2 nitrogen and oxygen atoms in total. The van der Waals surface area contributed by atoms with Crippen molar-refractivity contribution in [3.63, 3.8) is 0 Å². The first-order valence-corrected chi connectivity index (χ1v) is 2.40. The smallest absolute Gasteiger partial charge is 0.316 e. The minimum absolute atomic E-state index is 0.266. The normalized spacial score (nSPS) is 7.62. The molecule has 0 saturated carbocycles. The van der Waals surface area contributed by atoms with Crippen LogP contribution in [0, 0.1) is 12.3 Å². The monoisotopic (exact) mass is 131 g/mol. The largest absolute Gasteiger partial charge is 0.321 e. The molecule has 3 heteroatoms. The molecule has 0 fully saturated rings. The van der Waals surface area contributed by atoms with Crippen LogP contribution in [0.5, 0.6) is 0 Å². The molecule has 0 bridgehead atoms. The molecule has 0 aliphatic rings. The van der Waals surface area contributed by atoms with Gasteiger partial charge in [-0.15, -0.1) is 6.42 Å². The zero-order valence-electron chi connectivity index (χ0n) is 4.52. The van der Waals surface area contributed by atoms with Crippen molar-refractivity contribution in [1.29, 1.82) is 0 Å². The lowest BCUT2D eigenvalue weighted by Crippen LogP contribution is -2.20. The third kappa shape index (κ3) is 2.49. The minimum Gasteiger partial charge on any atom is -0.321 e. The molecule has 0 aromatic heterocycles. The lowest BCUT2D eigenvalue weighted by Gasteiger charge is -2.06. The van der Waals surface area contributed by atoms with E-state index in [1.807, 2.05) is 0 Å². The molecule has 8 heavy (non-hydrogen) atoms. The van der Waals surface area contributed by atoms with Gasteiger partial charge in [-0.05, 0) is 11.6 Å². The van der Waals surface area contributed by atoms with Crippen LogP contribution in [0.1, 0.15) is 0 Å². The zero-order valence-corrected chi connectivity index (χ0v) is 5.27. The SMILES string of the molecule is C#CCN(C)C(=O)Cl. The maximum atomic E-state index is 10.1. The van der Waals surface area contributed by atoms with Crippen molar-refractivity contribution in [2.75, 3.05) is 13.6 Å². The first-order valence-electron chi connectivity index (χ1n) is 2.02. The van der Waals surface area contributed by atoms with Gasteiger partial charge in [0, 0.05) is 7.05 Å². The van der Waals surface area contributed by atoms with Gasteiger partial charge >= 0.3 is 5.37 Å². The van der Waals surface area contributed by atoms with Gasteiger partial charge in [0.2, 0.25) is 0 Å². The topological polar surface area (TPSA) is 20.3 Å². The van der Waals surface area contributed by atoms with E-state index in [2.05, 4.69) is 5.92 Å². The summed E-state index contributed by atoms with van der Waals surface area (Å²) in [5.74, 6) is 2.27. The standard InChI is InChI=1S/C5H6ClNO/c1-3-4-7(2)5(6)8/h1H,4H2,2H3. The van der Waals surface area contributed by atoms with E-state index in [1.54, 1.807) is 0 Å². The highest BCUT2D eigenvalue weighted by atomic mass is 35.5. The van der Waals surface area contributed by atoms with E-state index in [4.69, 9.17) is 18.0 Å². The summed E-state index contributed by atoms with van der Waals surface area (Å²) in [5.41, 5.74) is 0. The highest BCUT2D eigenvalue weighted by molar-refractivity contribution is 6.62. The summed E-state index contributed by atoms with van der Waals surface area (Å²) in [6, 6.07) is 0. The van der Waals surface area contributed by atoms with Crippen LogP contribution in [0.2, 0.25) is 0 Å². The quantitative estimate of drug-likeness (QED) is 0.294. The van der Waals surface area contributed by atoms with Gasteiger partial charge in [-0.25, -0.2) is 0 Å². The van der Waals surface area contributed by atoms with Crippen LogP contribution in [0.3, 0.4) is 0 Å². The Hall–Kier alpha value is -0.680. The average Bonchev–Trinajstić information content (AvgIpc) is 1.67. The Morgan fingerprint density at radius 2 is 2.50 bits per heavy atom. The second kappa shape index (κ2) is 3.34. The Bertz CT molecular complexity index is 127. The molecule has 0 heterocycles. The average molecular weight is 132 g/mol. The molecule has 0 atom stereocenters. The van der Waals surface area contributed by atoms with Gasteiger partial charge in [0.25, 0.3) is 0 Å². The van der Waals surface area contributed by atoms with E-state index in [-0.39, 0.29) is 6.54 Å². The van der Waals surface area contributed by atoms with Crippen LogP contribution in [0.4, 0.5) is 4.79 Å². The molecule has 0 unspecified atom stereocenters. The summed E-state index contributed by atoms with van der Waals surface area (Å²) in [4.78, 5) is 11.4. The highest BCUT2D eigenvalue weighted by Crippen LogP contribution is 1.88. The van der Waals surface area contributed by atoms with Gasteiger partial charge in [-0.3, -0.25) is 4.79 Å². The number of carbonyl (C=O) groups excluding carboxylic acids is 1. The van der Waals surface area contributed by atoms with Crippen molar-refractivity contribution in [2.45, 2.75) is 0 Å². The fourth-order valence-electron chi connectivity index (χ4n) is 0.199. The summed E-state index contributed by atoms with van der Waals surface area (Å²) in [6.07, 6.45) is 4.86. The fourth-order valence-corrected chi connectivity index (χ4v) is 0.259. The van der Waals surface area contributed by atoms with E-state index in [0.29, 0.717) is 0 Å². The van der Waals surface area contributed by atoms with Crippen LogP contribution in [0.15, 0.2) is 0 Å². The van der Waals surface area contributed by atoms with Gasteiger partial charge in [0.15, 0.2) is 0 Å². The van der Waals surface area contributed by atoms with Crippen molar-refractivity contribution in [3.8, 4) is 12.3 Å². The summed E-state index contributed by atoms with van der Waals surface area (Å²) < 4.78 is 0. The number of hydrogen-bond acceptors (Lipinski definition) is 1. The third-order valence-electron chi connectivity index (χ3n) is 0.629. The first kappa shape index (κ1) is 7.32. The maximum absolute atomic E-state index is 10.1. The molecular formula is C5H6ClNO. The second-order valence-electron chi connectivity index (χ2n) is 1.31. The van der Waals surface area contributed by atoms with Crippen molar-refractivity contribution in [3.05, 3.63) is 0 Å². The Labute approximate surface area is 53.4 Å². The molecule has 1 amide bonds. The van der Waals surface area contributed by atoms with Crippen molar-refractivity contribution in [2.24, 2.45) is 0 Å². The van der Waals surface area contributed by atoms with Crippen LogP contribution in [0.25, 0.3) is 0 Å². The highest BCUT2D eigenvalue weighted by Gasteiger charge is 1.98. The van der Waals surface area contributed by atoms with Gasteiger partial charge in [0.1, 0.15) is 0 Å². The van der Waals surface area contributed by atoms with Crippen LogP contribution in [-0.4, -0.2) is 23.9 Å². The number of hydrogen-bond donors (Lipinski definition) is 0. The molecular weight excluding hydrogens is 126 g/mol. The Balaban J connectivity index is 3.52. The summed E-state index contributed by atoms with van der Waals surface area (Å²) in [6.45, 7) is 0.266. The third-order valence-corrected chi connectivity index (χ3v) is 0.917. The molecule has 0 rings (SSSR count). The molecule has 0 N–H and O–H groups in total. The van der Waals surface area contributed by atoms with Crippen molar-refractivity contribution < 1.29 is 4.79 Å². The van der Waals surface area contributed by atoms with Crippen LogP contribution >= 0.6 is 11.6 Å². The van der Waals surface area contributed by atoms with E-state index in [9.17, 15) is 4.79 Å². The number of carbonyl (C=O) groups is 1. The molecule has 0 radical (unpaired) electrons. The Kier molecular flexibility index (Phi) is 3.05. The molecule has 0 spiro atoms. The van der Waals surface area contributed by atoms with E-state index < -0.39 is 5.37 Å². The summed E-state index contributed by atoms with van der Waals surface area (Å²) >= 11 is 5.00. The number of halogens is 1. The van der Waals surface area contributed by atoms with Gasteiger partial charge in [0.05, 0.1) is 6.54 Å². The number of nitrogens with zero attached hydrogens (tertiary/aromatic N) is 1. The molecule has 0 aromatic rings. The van der Waals surface area contributed by atoms with Crippen molar-refractivity contribution in [1.82, 2.24) is 4.90 Å². The summed E-state index contributed by atoms with van der Waals surface area (Å²) in [7, 11) is 1.54. The molecule has 0 saturated heterocycles. The second-order valence-corrected chi connectivity index (χ2v) is 1.64. The van der Waals surface area contributed by atoms with Crippen LogP contribution < -0.4 is 0 Å². The predicted octanol–water partition coefficient (Wildman–Crippen LogP) is 0.910. The predicted molar refractivity (Wildman–Crippen MR) is 32.7 cm³/mol. The Morgan fingerprint density at radius 1 is 2.00 bits per heavy atom. The maximum Gasteiger partial charge on any atom is 0.316 e. The van der Waals surface area contributed by atoms with Crippen molar-refractivity contribution >= 4 is 17.0 Å². The number of amides is 1. The molecule has 0 aromatic carbocycles. The lowest BCUT2D eigenvalue weighted by molar-refractivity contribution is 0.237. The number of rotatable bonds is 1. The van der Waals surface area contributed by atoms with Gasteiger partial charge in [-0.2, -0.15) is 0 Å². The first-order chi connectivity index (χ1) is 3.68. The fraction of sp³-hybridized carbons (Fsp3) is 0.400. The van der Waals surface area contributed by atoms with E-state index in [0.717, 1.165) is 0 Å². The van der Waals surface area contributed by atoms with Gasteiger partial charge in [-0.1, -0.05) is 5.92 Å². The summed E-state index contributed by atoms with van der Waals surface area (Å²) in [5, 5.41) is -0.525. The molecule has 0 aliphatic heterocycles. The Morgan fingerprint density at radius 3 is 2.62 bits per heavy atom. The molecule has 0 aliphatic carbocycles. The zero-order chi connectivity index (χ0) is 6.57. The van der Waals surface area contributed by atoms with Gasteiger partial charge < -0.3 is 4.90 Å². The molecule has 44 valence electrons. The number of terminal acetylenes is 1. The van der Waals surface area contributed by atoms with Crippen LogP contribution in [-0.2, 0) is 0 Å².